The Kier molecular flexibility index (Phi) is 3.12. The van der Waals surface area contributed by atoms with Crippen LogP contribution in [0.25, 0.3) is 0 Å². The maximum absolute atomic E-state index is 11.8. The van der Waals surface area contributed by atoms with Crippen LogP contribution in [0.2, 0.25) is 0 Å². The Balaban J connectivity index is 3.01. The van der Waals surface area contributed by atoms with Crippen LogP contribution in [-0.2, 0) is 11.3 Å². The molecule has 0 atom stereocenters. The molecule has 0 aromatic carbocycles. The number of carbonyl (C=O) groups excluding carboxylic acids is 1. The van der Waals surface area contributed by atoms with Gasteiger partial charge in [-0.1, -0.05) is 26.8 Å². The van der Waals surface area contributed by atoms with Gasteiger partial charge in [0.05, 0.1) is 6.54 Å². The fraction of sp³-hybridized carbons (Fsp3) is 0.500. The number of aryl methyl sites for hydroxylation is 1. The monoisotopic (exact) mass is 207 g/mol. The van der Waals surface area contributed by atoms with Gasteiger partial charge in [0.15, 0.2) is 5.78 Å². The SMILES string of the molecule is Cc1cccc(=O)n1CC(=O)C(C)(C)C. The molecule has 0 amide bonds. The maximum atomic E-state index is 11.8. The second kappa shape index (κ2) is 4.01. The van der Waals surface area contributed by atoms with E-state index >= 15 is 0 Å². The fourth-order valence-electron chi connectivity index (χ4n) is 1.21. The smallest absolute Gasteiger partial charge is 0.251 e. The van der Waals surface area contributed by atoms with E-state index in [1.807, 2.05) is 33.8 Å². The molecule has 1 aromatic rings. The van der Waals surface area contributed by atoms with Crippen LogP contribution in [0.3, 0.4) is 0 Å². The first-order valence-corrected chi connectivity index (χ1v) is 5.02. The van der Waals surface area contributed by atoms with Crippen molar-refractivity contribution in [1.82, 2.24) is 4.57 Å². The maximum Gasteiger partial charge on any atom is 0.251 e. The highest BCUT2D eigenvalue weighted by molar-refractivity contribution is 5.83. The quantitative estimate of drug-likeness (QED) is 0.741. The minimum absolute atomic E-state index is 0.0684. The molecule has 1 aromatic heterocycles. The fourth-order valence-corrected chi connectivity index (χ4v) is 1.21. The van der Waals surface area contributed by atoms with Gasteiger partial charge in [0.2, 0.25) is 0 Å². The summed E-state index contributed by atoms with van der Waals surface area (Å²) in [7, 11) is 0. The Bertz CT molecular complexity index is 424. The van der Waals surface area contributed by atoms with Crippen molar-refractivity contribution in [2.45, 2.75) is 34.2 Å². The molecule has 0 bridgehead atoms. The molecule has 0 aliphatic heterocycles. The largest absolute Gasteiger partial charge is 0.306 e. The zero-order valence-corrected chi connectivity index (χ0v) is 9.70. The summed E-state index contributed by atoms with van der Waals surface area (Å²) in [6, 6.07) is 5.01. The third kappa shape index (κ3) is 2.78. The van der Waals surface area contributed by atoms with Gasteiger partial charge in [0.1, 0.15) is 0 Å². The van der Waals surface area contributed by atoms with E-state index in [-0.39, 0.29) is 17.9 Å². The van der Waals surface area contributed by atoms with E-state index in [1.54, 1.807) is 6.07 Å². The molecule has 0 aliphatic carbocycles. The molecule has 0 N–H and O–H groups in total. The van der Waals surface area contributed by atoms with Crippen LogP contribution in [0, 0.1) is 12.3 Å². The Hall–Kier alpha value is -1.38. The average molecular weight is 207 g/mol. The van der Waals surface area contributed by atoms with Crippen LogP contribution in [0.1, 0.15) is 26.5 Å². The van der Waals surface area contributed by atoms with E-state index < -0.39 is 5.41 Å². The third-order valence-electron chi connectivity index (χ3n) is 2.41. The number of ketones is 1. The van der Waals surface area contributed by atoms with Gasteiger partial charge in [-0.15, -0.1) is 0 Å². The zero-order valence-electron chi connectivity index (χ0n) is 9.70. The van der Waals surface area contributed by atoms with Gasteiger partial charge in [0.25, 0.3) is 5.56 Å². The van der Waals surface area contributed by atoms with Crippen molar-refractivity contribution in [3.8, 4) is 0 Å². The van der Waals surface area contributed by atoms with Crippen molar-refractivity contribution < 1.29 is 4.79 Å². The summed E-state index contributed by atoms with van der Waals surface area (Å²) in [5.41, 5.74) is 0.301. The first-order valence-electron chi connectivity index (χ1n) is 5.02. The summed E-state index contributed by atoms with van der Waals surface area (Å²) < 4.78 is 1.51. The molecule has 0 radical (unpaired) electrons. The number of pyridine rings is 1. The van der Waals surface area contributed by atoms with Gasteiger partial charge in [-0.2, -0.15) is 0 Å². The molecule has 0 saturated heterocycles. The highest BCUT2D eigenvalue weighted by Gasteiger charge is 2.21. The van der Waals surface area contributed by atoms with E-state index in [1.165, 1.54) is 10.6 Å². The molecule has 0 unspecified atom stereocenters. The van der Waals surface area contributed by atoms with Crippen molar-refractivity contribution in [3.05, 3.63) is 34.2 Å². The molecule has 82 valence electrons. The summed E-state index contributed by atoms with van der Waals surface area (Å²) in [4.78, 5) is 23.3. The third-order valence-corrected chi connectivity index (χ3v) is 2.41. The number of Topliss-reactive ketones (excluding diaryl/α,β-unsaturated/α-hetero) is 1. The highest BCUT2D eigenvalue weighted by Crippen LogP contribution is 2.15. The van der Waals surface area contributed by atoms with Crippen LogP contribution >= 0.6 is 0 Å². The Labute approximate surface area is 89.7 Å². The molecule has 15 heavy (non-hydrogen) atoms. The molecule has 0 spiro atoms. The second-order valence-corrected chi connectivity index (χ2v) is 4.76. The topological polar surface area (TPSA) is 39.1 Å². The summed E-state index contributed by atoms with van der Waals surface area (Å²) in [5.74, 6) is 0.0684. The van der Waals surface area contributed by atoms with Crippen molar-refractivity contribution >= 4 is 5.78 Å². The Morgan fingerprint density at radius 2 is 1.93 bits per heavy atom. The van der Waals surface area contributed by atoms with Crippen LogP contribution in [0.15, 0.2) is 23.0 Å². The molecule has 3 nitrogen and oxygen atoms in total. The number of hydrogen-bond acceptors (Lipinski definition) is 2. The van der Waals surface area contributed by atoms with Gasteiger partial charge < -0.3 is 4.57 Å². The van der Waals surface area contributed by atoms with Crippen LogP contribution in [-0.4, -0.2) is 10.4 Å². The lowest BCUT2D eigenvalue weighted by Crippen LogP contribution is -2.31. The second-order valence-electron chi connectivity index (χ2n) is 4.76. The van der Waals surface area contributed by atoms with Crippen LogP contribution in [0.4, 0.5) is 0 Å². The predicted molar refractivity (Wildman–Crippen MR) is 59.9 cm³/mol. The molecule has 0 fully saturated rings. The molecule has 1 rings (SSSR count). The van der Waals surface area contributed by atoms with E-state index in [2.05, 4.69) is 0 Å². The van der Waals surface area contributed by atoms with Crippen LogP contribution in [0.5, 0.6) is 0 Å². The predicted octanol–water partition coefficient (Wildman–Crippen LogP) is 1.77. The zero-order chi connectivity index (χ0) is 11.6. The summed E-state index contributed by atoms with van der Waals surface area (Å²) >= 11 is 0. The molecular formula is C12H17NO2. The summed E-state index contributed by atoms with van der Waals surface area (Å²) in [6.45, 7) is 7.57. The van der Waals surface area contributed by atoms with E-state index in [4.69, 9.17) is 0 Å². The lowest BCUT2D eigenvalue weighted by Gasteiger charge is -2.18. The average Bonchev–Trinajstić information content (AvgIpc) is 2.09. The van der Waals surface area contributed by atoms with E-state index in [0.29, 0.717) is 0 Å². The number of hydrogen-bond donors (Lipinski definition) is 0. The van der Waals surface area contributed by atoms with Crippen molar-refractivity contribution in [1.29, 1.82) is 0 Å². The molecule has 0 aliphatic rings. The minimum atomic E-state index is -0.401. The molecular weight excluding hydrogens is 190 g/mol. The lowest BCUT2D eigenvalue weighted by molar-refractivity contribution is -0.126. The highest BCUT2D eigenvalue weighted by atomic mass is 16.1. The van der Waals surface area contributed by atoms with Gasteiger partial charge in [-0.05, 0) is 13.0 Å². The number of nitrogens with zero attached hydrogens (tertiary/aromatic N) is 1. The van der Waals surface area contributed by atoms with Crippen molar-refractivity contribution in [2.24, 2.45) is 5.41 Å². The summed E-state index contributed by atoms with van der Waals surface area (Å²) in [6.07, 6.45) is 0. The first-order chi connectivity index (χ1) is 6.82. The standard InChI is InChI=1S/C12H17NO2/c1-9-6-5-7-11(15)13(9)8-10(14)12(2,3)4/h5-7H,8H2,1-4H3. The van der Waals surface area contributed by atoms with Crippen molar-refractivity contribution in [3.63, 3.8) is 0 Å². The van der Waals surface area contributed by atoms with E-state index in [9.17, 15) is 9.59 Å². The van der Waals surface area contributed by atoms with Gasteiger partial charge >= 0.3 is 0 Å². The molecule has 1 heterocycles. The Morgan fingerprint density at radius 1 is 1.33 bits per heavy atom. The van der Waals surface area contributed by atoms with Gasteiger partial charge in [-0.25, -0.2) is 0 Å². The number of carbonyl (C=O) groups is 1. The van der Waals surface area contributed by atoms with Crippen molar-refractivity contribution in [2.75, 3.05) is 0 Å². The summed E-state index contributed by atoms with van der Waals surface area (Å²) in [5, 5.41) is 0. The lowest BCUT2D eigenvalue weighted by atomic mass is 9.91. The minimum Gasteiger partial charge on any atom is -0.306 e. The number of aromatic nitrogens is 1. The van der Waals surface area contributed by atoms with Gasteiger partial charge in [-0.3, -0.25) is 9.59 Å². The number of rotatable bonds is 2. The van der Waals surface area contributed by atoms with E-state index in [0.717, 1.165) is 5.69 Å². The Morgan fingerprint density at radius 3 is 2.40 bits per heavy atom. The normalized spacial score (nSPS) is 11.5. The van der Waals surface area contributed by atoms with Crippen LogP contribution < -0.4 is 5.56 Å². The molecule has 3 heteroatoms. The van der Waals surface area contributed by atoms with Gasteiger partial charge in [0, 0.05) is 17.2 Å². The first kappa shape index (κ1) is 11.7. The molecule has 0 saturated carbocycles.